The topological polar surface area (TPSA) is 49.4 Å². The summed E-state index contributed by atoms with van der Waals surface area (Å²) in [7, 11) is 1.73. The molecule has 15 heavy (non-hydrogen) atoms. The van der Waals surface area contributed by atoms with E-state index in [2.05, 4.69) is 5.32 Å². The number of likely N-dealkylation sites (N-methyl/N-ethyl adjacent to an activating group) is 1. The zero-order valence-corrected chi connectivity index (χ0v) is 8.84. The molecule has 2 rings (SSSR count). The van der Waals surface area contributed by atoms with E-state index in [1.807, 2.05) is 0 Å². The van der Waals surface area contributed by atoms with Gasteiger partial charge in [-0.1, -0.05) is 0 Å². The van der Waals surface area contributed by atoms with Crippen molar-refractivity contribution in [3.05, 3.63) is 23.8 Å². The van der Waals surface area contributed by atoms with Crippen LogP contribution in [0.1, 0.15) is 5.56 Å². The van der Waals surface area contributed by atoms with Gasteiger partial charge in [0, 0.05) is 18.4 Å². The summed E-state index contributed by atoms with van der Waals surface area (Å²) in [6.45, 7) is 0. The molecule has 0 aromatic heterocycles. The van der Waals surface area contributed by atoms with Crippen molar-refractivity contribution in [2.45, 2.75) is 6.42 Å². The molecule has 1 aromatic rings. The molecule has 1 aliphatic heterocycles. The maximum absolute atomic E-state index is 11.4. The van der Waals surface area contributed by atoms with E-state index in [-0.39, 0.29) is 5.91 Å². The quantitative estimate of drug-likeness (QED) is 0.586. The number of halogens is 1. The Morgan fingerprint density at radius 1 is 1.53 bits per heavy atom. The lowest BCUT2D eigenvalue weighted by molar-refractivity contribution is -0.117. The molecule has 2 amide bonds. The monoisotopic (exact) mass is 224 g/mol. The van der Waals surface area contributed by atoms with E-state index >= 15 is 0 Å². The normalized spacial score (nSPS) is 14.0. The van der Waals surface area contributed by atoms with E-state index in [0.29, 0.717) is 12.1 Å². The molecule has 4 nitrogen and oxygen atoms in total. The molecule has 0 fully saturated rings. The van der Waals surface area contributed by atoms with Gasteiger partial charge in [-0.15, -0.1) is 0 Å². The number of hydrogen-bond acceptors (Lipinski definition) is 2. The molecule has 0 spiro atoms. The van der Waals surface area contributed by atoms with Crippen molar-refractivity contribution in [1.82, 2.24) is 0 Å². The smallest absolute Gasteiger partial charge is 0.315 e. The van der Waals surface area contributed by atoms with E-state index < -0.39 is 5.37 Å². The minimum absolute atomic E-state index is 0.0550. The number of amides is 2. The van der Waals surface area contributed by atoms with Gasteiger partial charge < -0.3 is 10.2 Å². The number of anilines is 2. The summed E-state index contributed by atoms with van der Waals surface area (Å²) in [5.41, 5.74) is 2.40. The van der Waals surface area contributed by atoms with Crippen LogP contribution in [0.4, 0.5) is 16.2 Å². The van der Waals surface area contributed by atoms with Crippen LogP contribution in [0.5, 0.6) is 0 Å². The number of carbonyl (C=O) groups excluding carboxylic acids is 2. The summed E-state index contributed by atoms with van der Waals surface area (Å²) >= 11 is 5.19. The molecule has 1 heterocycles. The van der Waals surface area contributed by atoms with Crippen LogP contribution in [0.2, 0.25) is 0 Å². The molecule has 0 saturated heterocycles. The molecule has 0 unspecified atom stereocenters. The molecule has 5 heteroatoms. The third-order valence-electron chi connectivity index (χ3n) is 2.40. The number of hydrogen-bond donors (Lipinski definition) is 1. The number of nitrogens with zero attached hydrogens (tertiary/aromatic N) is 1. The standard InChI is InChI=1S/C10H9ClN2O2/c1-13-8-3-2-7(12-10(11)15)4-6(8)5-9(13)14/h2-4H,5H2,1H3,(H,12,15). The average Bonchev–Trinajstić information content (AvgIpc) is 2.41. The Morgan fingerprint density at radius 2 is 2.27 bits per heavy atom. The fourth-order valence-electron chi connectivity index (χ4n) is 1.66. The highest BCUT2D eigenvalue weighted by atomic mass is 35.5. The van der Waals surface area contributed by atoms with Crippen molar-refractivity contribution in [3.63, 3.8) is 0 Å². The van der Waals surface area contributed by atoms with Crippen molar-refractivity contribution in [1.29, 1.82) is 0 Å². The first-order chi connectivity index (χ1) is 7.08. The molecule has 1 aromatic carbocycles. The third-order valence-corrected chi connectivity index (χ3v) is 2.49. The summed E-state index contributed by atoms with van der Waals surface area (Å²) in [6.07, 6.45) is 0.373. The Kier molecular flexibility index (Phi) is 2.36. The van der Waals surface area contributed by atoms with Crippen molar-refractivity contribution >= 4 is 34.2 Å². The molecule has 0 bridgehead atoms. The number of fused-ring (bicyclic) bond motifs is 1. The van der Waals surface area contributed by atoms with Crippen LogP contribution in [0, 0.1) is 0 Å². The average molecular weight is 225 g/mol. The Bertz CT molecular complexity index is 445. The van der Waals surface area contributed by atoms with Crippen molar-refractivity contribution in [2.24, 2.45) is 0 Å². The SMILES string of the molecule is CN1C(=O)Cc2cc(NC(=O)Cl)ccc21. The fourth-order valence-corrected chi connectivity index (χ4v) is 1.77. The van der Waals surface area contributed by atoms with Crippen LogP contribution in [-0.4, -0.2) is 18.3 Å². The highest BCUT2D eigenvalue weighted by Crippen LogP contribution is 2.29. The molecule has 0 atom stereocenters. The lowest BCUT2D eigenvalue weighted by atomic mass is 10.1. The minimum atomic E-state index is -0.632. The second kappa shape index (κ2) is 3.55. The summed E-state index contributed by atoms with van der Waals surface area (Å²) in [4.78, 5) is 23.6. The zero-order valence-electron chi connectivity index (χ0n) is 8.08. The molecular formula is C10H9ClN2O2. The maximum Gasteiger partial charge on any atom is 0.318 e. The van der Waals surface area contributed by atoms with Gasteiger partial charge in [0.15, 0.2) is 0 Å². The van der Waals surface area contributed by atoms with Crippen molar-refractivity contribution in [2.75, 3.05) is 17.3 Å². The number of carbonyl (C=O) groups is 2. The zero-order chi connectivity index (χ0) is 11.0. The summed E-state index contributed by atoms with van der Waals surface area (Å²) < 4.78 is 0. The first kappa shape index (κ1) is 9.98. The minimum Gasteiger partial charge on any atom is -0.315 e. The molecular weight excluding hydrogens is 216 g/mol. The Labute approximate surface area is 91.8 Å². The van der Waals surface area contributed by atoms with Gasteiger partial charge in [0.1, 0.15) is 0 Å². The van der Waals surface area contributed by atoms with Crippen molar-refractivity contribution < 1.29 is 9.59 Å². The van der Waals surface area contributed by atoms with Crippen LogP contribution in [0.3, 0.4) is 0 Å². The van der Waals surface area contributed by atoms with Crippen LogP contribution in [-0.2, 0) is 11.2 Å². The highest BCUT2D eigenvalue weighted by Gasteiger charge is 2.23. The van der Waals surface area contributed by atoms with Gasteiger partial charge >= 0.3 is 5.37 Å². The van der Waals surface area contributed by atoms with Gasteiger partial charge in [-0.3, -0.25) is 9.59 Å². The van der Waals surface area contributed by atoms with Crippen LogP contribution >= 0.6 is 11.6 Å². The summed E-state index contributed by atoms with van der Waals surface area (Å²) in [5, 5.41) is 1.83. The first-order valence-electron chi connectivity index (χ1n) is 4.44. The van der Waals surface area contributed by atoms with E-state index in [1.165, 1.54) is 0 Å². The highest BCUT2D eigenvalue weighted by molar-refractivity contribution is 6.65. The summed E-state index contributed by atoms with van der Waals surface area (Å²) in [5.74, 6) is 0.0550. The molecule has 78 valence electrons. The molecule has 1 N–H and O–H groups in total. The van der Waals surface area contributed by atoms with E-state index in [0.717, 1.165) is 11.3 Å². The van der Waals surface area contributed by atoms with Gasteiger partial charge in [0.2, 0.25) is 5.91 Å². The van der Waals surface area contributed by atoms with Crippen LogP contribution < -0.4 is 10.2 Å². The van der Waals surface area contributed by atoms with E-state index in [1.54, 1.807) is 30.1 Å². The number of benzene rings is 1. The van der Waals surface area contributed by atoms with E-state index in [4.69, 9.17) is 11.6 Å². The lowest BCUT2D eigenvalue weighted by Gasteiger charge is -2.10. The van der Waals surface area contributed by atoms with Gasteiger partial charge in [-0.05, 0) is 35.4 Å². The predicted octanol–water partition coefficient (Wildman–Crippen LogP) is 1.98. The van der Waals surface area contributed by atoms with Crippen LogP contribution in [0.15, 0.2) is 18.2 Å². The Hall–Kier alpha value is -1.55. The second-order valence-electron chi connectivity index (χ2n) is 3.37. The predicted molar refractivity (Wildman–Crippen MR) is 58.4 cm³/mol. The summed E-state index contributed by atoms with van der Waals surface area (Å²) in [6, 6.07) is 5.27. The fraction of sp³-hybridized carbons (Fsp3) is 0.200. The molecule has 0 radical (unpaired) electrons. The lowest BCUT2D eigenvalue weighted by Crippen LogP contribution is -2.20. The van der Waals surface area contributed by atoms with Gasteiger partial charge in [-0.2, -0.15) is 0 Å². The van der Waals surface area contributed by atoms with Gasteiger partial charge in [0.05, 0.1) is 6.42 Å². The largest absolute Gasteiger partial charge is 0.318 e. The van der Waals surface area contributed by atoms with Gasteiger partial charge in [-0.25, -0.2) is 0 Å². The number of rotatable bonds is 1. The molecule has 1 aliphatic rings. The van der Waals surface area contributed by atoms with Gasteiger partial charge in [0.25, 0.3) is 0 Å². The Morgan fingerprint density at radius 3 is 2.93 bits per heavy atom. The molecule has 0 aliphatic carbocycles. The van der Waals surface area contributed by atoms with Crippen molar-refractivity contribution in [3.8, 4) is 0 Å². The maximum atomic E-state index is 11.4. The second-order valence-corrected chi connectivity index (χ2v) is 3.72. The Balaban J connectivity index is 2.33. The van der Waals surface area contributed by atoms with E-state index in [9.17, 15) is 9.59 Å². The van der Waals surface area contributed by atoms with Crippen LogP contribution in [0.25, 0.3) is 0 Å². The molecule has 0 saturated carbocycles. The first-order valence-corrected chi connectivity index (χ1v) is 4.81. The number of nitrogens with one attached hydrogen (secondary N) is 1. The third kappa shape index (κ3) is 1.80.